The number of benzene rings is 1. The molecule has 0 atom stereocenters. The van der Waals surface area contributed by atoms with Gasteiger partial charge in [-0.1, -0.05) is 26.8 Å². The number of hydrogen-bond acceptors (Lipinski definition) is 3. The Bertz CT molecular complexity index is 641. The number of halogens is 2. The van der Waals surface area contributed by atoms with Crippen molar-refractivity contribution in [2.24, 2.45) is 0 Å². The first kappa shape index (κ1) is 14.4. The lowest BCUT2D eigenvalue weighted by atomic mass is 9.94. The van der Waals surface area contributed by atoms with Crippen LogP contribution in [0.1, 0.15) is 32.2 Å². The number of nitrogens with zero attached hydrogens (tertiary/aromatic N) is 2. The van der Waals surface area contributed by atoms with Crippen molar-refractivity contribution in [3.05, 3.63) is 41.2 Å². The van der Waals surface area contributed by atoms with Crippen LogP contribution in [0.5, 0.6) is 0 Å². The lowest BCUT2D eigenvalue weighted by Crippen LogP contribution is -2.18. The van der Waals surface area contributed by atoms with Crippen LogP contribution < -0.4 is 5.73 Å². The van der Waals surface area contributed by atoms with Crippen molar-refractivity contribution in [1.29, 1.82) is 0 Å². The third-order valence-electron chi connectivity index (χ3n) is 3.05. The Hall–Kier alpha value is -2.04. The Balaban J connectivity index is 2.77. The average molecular weight is 277 g/mol. The van der Waals surface area contributed by atoms with Crippen molar-refractivity contribution in [3.63, 3.8) is 0 Å². The minimum atomic E-state index is -0.661. The van der Waals surface area contributed by atoms with E-state index in [0.717, 1.165) is 0 Å². The van der Waals surface area contributed by atoms with Gasteiger partial charge < -0.3 is 5.73 Å². The molecule has 2 aromatic rings. The molecule has 2 N–H and O–H groups in total. The maximum Gasteiger partial charge on any atom is 0.136 e. The van der Waals surface area contributed by atoms with E-state index in [0.29, 0.717) is 11.4 Å². The van der Waals surface area contributed by atoms with Gasteiger partial charge in [-0.2, -0.15) is 0 Å². The smallest absolute Gasteiger partial charge is 0.136 e. The first-order chi connectivity index (χ1) is 9.21. The molecule has 0 amide bonds. The Morgan fingerprint density at radius 1 is 1.05 bits per heavy atom. The molecule has 0 unspecified atom stereocenters. The molecule has 1 aromatic carbocycles. The third-order valence-corrected chi connectivity index (χ3v) is 3.05. The van der Waals surface area contributed by atoms with Crippen LogP contribution in [0.25, 0.3) is 11.3 Å². The summed E-state index contributed by atoms with van der Waals surface area (Å²) in [6, 6.07) is 3.72. The summed E-state index contributed by atoms with van der Waals surface area (Å²) >= 11 is 0. The molecule has 0 radical (unpaired) electrons. The molecule has 0 saturated carbocycles. The zero-order valence-corrected chi connectivity index (χ0v) is 12.0. The highest BCUT2D eigenvalue weighted by molar-refractivity contribution is 5.68. The fourth-order valence-corrected chi connectivity index (χ4v) is 1.84. The van der Waals surface area contributed by atoms with E-state index in [4.69, 9.17) is 5.73 Å². The first-order valence-corrected chi connectivity index (χ1v) is 6.31. The van der Waals surface area contributed by atoms with Crippen LogP contribution in [-0.2, 0) is 5.41 Å². The molecule has 1 aromatic heterocycles. The molecule has 0 fully saturated rings. The van der Waals surface area contributed by atoms with E-state index in [1.54, 1.807) is 6.92 Å². The van der Waals surface area contributed by atoms with Gasteiger partial charge in [0, 0.05) is 11.0 Å². The predicted octanol–water partition coefficient (Wildman–Crippen LogP) is 3.61. The number of nitrogen functional groups attached to an aromatic ring is 1. The van der Waals surface area contributed by atoms with Gasteiger partial charge in [0.05, 0.1) is 11.3 Å². The second-order valence-electron chi connectivity index (χ2n) is 5.75. The van der Waals surface area contributed by atoms with E-state index in [1.807, 2.05) is 20.8 Å². The number of hydrogen-bond donors (Lipinski definition) is 1. The van der Waals surface area contributed by atoms with Gasteiger partial charge in [0.1, 0.15) is 23.3 Å². The van der Waals surface area contributed by atoms with Gasteiger partial charge in [-0.3, -0.25) is 0 Å². The number of aromatic nitrogens is 2. The van der Waals surface area contributed by atoms with Crippen LogP contribution in [0.3, 0.4) is 0 Å². The molecule has 0 aliphatic carbocycles. The van der Waals surface area contributed by atoms with Gasteiger partial charge >= 0.3 is 0 Å². The molecule has 3 nitrogen and oxygen atoms in total. The van der Waals surface area contributed by atoms with Crippen molar-refractivity contribution in [2.45, 2.75) is 33.1 Å². The van der Waals surface area contributed by atoms with E-state index in [9.17, 15) is 8.78 Å². The number of rotatable bonds is 1. The molecule has 20 heavy (non-hydrogen) atoms. The van der Waals surface area contributed by atoms with Crippen molar-refractivity contribution >= 4 is 5.82 Å². The van der Waals surface area contributed by atoms with Crippen LogP contribution in [0, 0.1) is 18.6 Å². The van der Waals surface area contributed by atoms with E-state index < -0.39 is 11.6 Å². The minimum absolute atomic E-state index is 0.162. The maximum absolute atomic E-state index is 13.9. The topological polar surface area (TPSA) is 51.8 Å². The van der Waals surface area contributed by atoms with Crippen molar-refractivity contribution in [1.82, 2.24) is 9.97 Å². The van der Waals surface area contributed by atoms with Gasteiger partial charge in [-0.15, -0.1) is 0 Å². The summed E-state index contributed by atoms with van der Waals surface area (Å²) in [5.74, 6) is -0.627. The van der Waals surface area contributed by atoms with Crippen LogP contribution in [0.2, 0.25) is 0 Å². The van der Waals surface area contributed by atoms with E-state index in [1.165, 1.54) is 18.2 Å². The Morgan fingerprint density at radius 3 is 2.10 bits per heavy atom. The molecule has 1 heterocycles. The summed E-state index contributed by atoms with van der Waals surface area (Å²) in [7, 11) is 0. The highest BCUT2D eigenvalue weighted by atomic mass is 19.1. The standard InChI is InChI=1S/C15H17F2N3/c1-8-12(11-9(16)6-5-7-10(11)17)19-14(15(2,3)4)20-13(8)18/h5-7H,1-4H3,(H2,18,19,20). The van der Waals surface area contributed by atoms with E-state index >= 15 is 0 Å². The zero-order chi connectivity index (χ0) is 15.1. The van der Waals surface area contributed by atoms with Gasteiger partial charge in [0.2, 0.25) is 0 Å². The fraction of sp³-hybridized carbons (Fsp3) is 0.333. The molecular formula is C15H17F2N3. The van der Waals surface area contributed by atoms with Crippen molar-refractivity contribution in [2.75, 3.05) is 5.73 Å². The fourth-order valence-electron chi connectivity index (χ4n) is 1.84. The quantitative estimate of drug-likeness (QED) is 0.866. The Morgan fingerprint density at radius 2 is 1.60 bits per heavy atom. The zero-order valence-electron chi connectivity index (χ0n) is 12.0. The molecule has 0 spiro atoms. The van der Waals surface area contributed by atoms with Crippen molar-refractivity contribution in [3.8, 4) is 11.3 Å². The summed E-state index contributed by atoms with van der Waals surface area (Å²) in [5, 5.41) is 0. The van der Waals surface area contributed by atoms with Crippen molar-refractivity contribution < 1.29 is 8.78 Å². The lowest BCUT2D eigenvalue weighted by Gasteiger charge is -2.19. The van der Waals surface area contributed by atoms with Gasteiger partial charge in [-0.05, 0) is 19.1 Å². The second kappa shape index (κ2) is 4.81. The summed E-state index contributed by atoms with van der Waals surface area (Å²) in [5.41, 5.74) is 6.01. The highest BCUT2D eigenvalue weighted by Crippen LogP contribution is 2.31. The molecule has 0 bridgehead atoms. The molecule has 0 saturated heterocycles. The largest absolute Gasteiger partial charge is 0.383 e. The van der Waals surface area contributed by atoms with E-state index in [-0.39, 0.29) is 22.5 Å². The normalized spacial score (nSPS) is 11.7. The summed E-state index contributed by atoms with van der Waals surface area (Å²) in [6.07, 6.45) is 0. The summed E-state index contributed by atoms with van der Waals surface area (Å²) in [4.78, 5) is 8.54. The monoisotopic (exact) mass is 277 g/mol. The first-order valence-electron chi connectivity index (χ1n) is 6.31. The SMILES string of the molecule is Cc1c(N)nc(C(C)(C)C)nc1-c1c(F)cccc1F. The third kappa shape index (κ3) is 2.48. The average Bonchev–Trinajstić information content (AvgIpc) is 2.32. The molecule has 0 aliphatic rings. The highest BCUT2D eigenvalue weighted by Gasteiger charge is 2.23. The molecule has 2 rings (SSSR count). The molecular weight excluding hydrogens is 260 g/mol. The van der Waals surface area contributed by atoms with E-state index in [2.05, 4.69) is 9.97 Å². The number of nitrogens with two attached hydrogens (primary N) is 1. The Labute approximate surface area is 116 Å². The lowest BCUT2D eigenvalue weighted by molar-refractivity contribution is 0.544. The van der Waals surface area contributed by atoms with Crippen LogP contribution in [-0.4, -0.2) is 9.97 Å². The van der Waals surface area contributed by atoms with Crippen LogP contribution in [0.4, 0.5) is 14.6 Å². The molecule has 106 valence electrons. The van der Waals surface area contributed by atoms with Gasteiger partial charge in [-0.25, -0.2) is 18.7 Å². The van der Waals surface area contributed by atoms with Crippen LogP contribution >= 0.6 is 0 Å². The Kier molecular flexibility index (Phi) is 3.46. The van der Waals surface area contributed by atoms with Gasteiger partial charge in [0.25, 0.3) is 0 Å². The maximum atomic E-state index is 13.9. The summed E-state index contributed by atoms with van der Waals surface area (Å²) < 4.78 is 27.9. The second-order valence-corrected chi connectivity index (χ2v) is 5.75. The molecule has 0 aliphatic heterocycles. The minimum Gasteiger partial charge on any atom is -0.383 e. The predicted molar refractivity (Wildman–Crippen MR) is 75.2 cm³/mol. The number of anilines is 1. The molecule has 5 heteroatoms. The van der Waals surface area contributed by atoms with Crippen LogP contribution in [0.15, 0.2) is 18.2 Å². The van der Waals surface area contributed by atoms with Gasteiger partial charge in [0.15, 0.2) is 0 Å². The summed E-state index contributed by atoms with van der Waals surface area (Å²) in [6.45, 7) is 7.40.